The molecular weight excluding hydrogens is 358 g/mol. The van der Waals surface area contributed by atoms with E-state index in [0.29, 0.717) is 17.8 Å². The van der Waals surface area contributed by atoms with E-state index in [1.807, 2.05) is 24.3 Å². The maximum atomic E-state index is 11.9. The monoisotopic (exact) mass is 375 g/mol. The van der Waals surface area contributed by atoms with Crippen LogP contribution < -0.4 is 16.0 Å². The first-order valence-electron chi connectivity index (χ1n) is 7.26. The van der Waals surface area contributed by atoms with Crippen LogP contribution in [0.3, 0.4) is 0 Å². The van der Waals surface area contributed by atoms with Gasteiger partial charge in [-0.1, -0.05) is 19.1 Å². The number of carbonyl (C=O) groups excluding carboxylic acids is 2. The SMILES string of the molecule is CCC(=O)Nc1ccc(NC(=O)CNc2ccccc2Br)cc1. The van der Waals surface area contributed by atoms with Gasteiger partial charge in [0.1, 0.15) is 0 Å². The fourth-order valence-electron chi connectivity index (χ4n) is 1.87. The Labute approximate surface area is 143 Å². The number of carbonyl (C=O) groups is 2. The van der Waals surface area contributed by atoms with Crippen LogP contribution in [-0.2, 0) is 9.59 Å². The third-order valence-corrected chi connectivity index (χ3v) is 3.78. The van der Waals surface area contributed by atoms with E-state index < -0.39 is 0 Å². The lowest BCUT2D eigenvalue weighted by Gasteiger charge is -2.10. The first kappa shape index (κ1) is 17.0. The van der Waals surface area contributed by atoms with Gasteiger partial charge in [-0.05, 0) is 52.3 Å². The van der Waals surface area contributed by atoms with Crippen LogP contribution in [0.2, 0.25) is 0 Å². The number of halogens is 1. The Kier molecular flexibility index (Phi) is 6.17. The molecule has 6 heteroatoms. The van der Waals surface area contributed by atoms with Crippen LogP contribution in [-0.4, -0.2) is 18.4 Å². The van der Waals surface area contributed by atoms with Crippen molar-refractivity contribution >= 4 is 44.8 Å². The standard InChI is InChI=1S/C17H18BrN3O2/c1-2-16(22)20-12-7-9-13(10-8-12)21-17(23)11-19-15-6-4-3-5-14(15)18/h3-10,19H,2,11H2,1H3,(H,20,22)(H,21,23). The van der Waals surface area contributed by atoms with Gasteiger partial charge in [0, 0.05) is 28.0 Å². The third kappa shape index (κ3) is 5.41. The van der Waals surface area contributed by atoms with E-state index in [0.717, 1.165) is 10.2 Å². The largest absolute Gasteiger partial charge is 0.375 e. The lowest BCUT2D eigenvalue weighted by molar-refractivity contribution is -0.116. The molecule has 2 rings (SSSR count). The molecule has 3 N–H and O–H groups in total. The van der Waals surface area contributed by atoms with Crippen molar-refractivity contribution < 1.29 is 9.59 Å². The van der Waals surface area contributed by atoms with Crippen LogP contribution in [0.5, 0.6) is 0 Å². The van der Waals surface area contributed by atoms with Crippen molar-refractivity contribution in [2.75, 3.05) is 22.5 Å². The number of anilines is 3. The Morgan fingerprint density at radius 1 is 0.913 bits per heavy atom. The second kappa shape index (κ2) is 8.33. The van der Waals surface area contributed by atoms with Crippen LogP contribution >= 0.6 is 15.9 Å². The van der Waals surface area contributed by atoms with Crippen LogP contribution in [0.4, 0.5) is 17.1 Å². The topological polar surface area (TPSA) is 70.2 Å². The van der Waals surface area contributed by atoms with Gasteiger partial charge >= 0.3 is 0 Å². The summed E-state index contributed by atoms with van der Waals surface area (Å²) >= 11 is 3.42. The van der Waals surface area contributed by atoms with Gasteiger partial charge in [-0.3, -0.25) is 9.59 Å². The molecule has 2 amide bonds. The van der Waals surface area contributed by atoms with Crippen molar-refractivity contribution in [1.82, 2.24) is 0 Å². The van der Waals surface area contributed by atoms with E-state index in [1.54, 1.807) is 31.2 Å². The fourth-order valence-corrected chi connectivity index (χ4v) is 2.30. The summed E-state index contributed by atoms with van der Waals surface area (Å²) < 4.78 is 0.906. The fraction of sp³-hybridized carbons (Fsp3) is 0.176. The summed E-state index contributed by atoms with van der Waals surface area (Å²) in [7, 11) is 0. The number of para-hydroxylation sites is 1. The lowest BCUT2D eigenvalue weighted by atomic mass is 10.2. The summed E-state index contributed by atoms with van der Waals surface area (Å²) in [6.07, 6.45) is 0.430. The highest BCUT2D eigenvalue weighted by Gasteiger charge is 2.05. The smallest absolute Gasteiger partial charge is 0.243 e. The molecular formula is C17H18BrN3O2. The molecule has 0 heterocycles. The first-order chi connectivity index (χ1) is 11.1. The predicted octanol–water partition coefficient (Wildman–Crippen LogP) is 3.85. The molecule has 5 nitrogen and oxygen atoms in total. The first-order valence-corrected chi connectivity index (χ1v) is 8.06. The Morgan fingerprint density at radius 2 is 1.48 bits per heavy atom. The van der Waals surface area contributed by atoms with Crippen molar-refractivity contribution in [3.8, 4) is 0 Å². The van der Waals surface area contributed by atoms with Crippen molar-refractivity contribution in [1.29, 1.82) is 0 Å². The number of hydrogen-bond donors (Lipinski definition) is 3. The van der Waals surface area contributed by atoms with Crippen LogP contribution in [0.15, 0.2) is 53.0 Å². The number of benzene rings is 2. The molecule has 0 bridgehead atoms. The summed E-state index contributed by atoms with van der Waals surface area (Å²) in [4.78, 5) is 23.2. The highest BCUT2D eigenvalue weighted by Crippen LogP contribution is 2.21. The molecule has 0 aliphatic heterocycles. The van der Waals surface area contributed by atoms with Crippen molar-refractivity contribution in [2.45, 2.75) is 13.3 Å². The van der Waals surface area contributed by atoms with Gasteiger partial charge in [0.2, 0.25) is 11.8 Å². The molecule has 0 spiro atoms. The molecule has 120 valence electrons. The van der Waals surface area contributed by atoms with Crippen LogP contribution in [0.25, 0.3) is 0 Å². The highest BCUT2D eigenvalue weighted by molar-refractivity contribution is 9.10. The van der Waals surface area contributed by atoms with E-state index in [4.69, 9.17) is 0 Å². The van der Waals surface area contributed by atoms with Crippen molar-refractivity contribution in [3.63, 3.8) is 0 Å². The van der Waals surface area contributed by atoms with E-state index in [-0.39, 0.29) is 18.4 Å². The van der Waals surface area contributed by atoms with Gasteiger partial charge < -0.3 is 16.0 Å². The Balaban J connectivity index is 1.85. The van der Waals surface area contributed by atoms with Gasteiger partial charge in [-0.25, -0.2) is 0 Å². The van der Waals surface area contributed by atoms with Gasteiger partial charge in [-0.15, -0.1) is 0 Å². The predicted molar refractivity (Wildman–Crippen MR) is 96.6 cm³/mol. The molecule has 0 saturated heterocycles. The average Bonchev–Trinajstić information content (AvgIpc) is 2.56. The minimum absolute atomic E-state index is 0.0422. The third-order valence-electron chi connectivity index (χ3n) is 3.09. The molecule has 23 heavy (non-hydrogen) atoms. The minimum Gasteiger partial charge on any atom is -0.375 e. The quantitative estimate of drug-likeness (QED) is 0.717. The lowest BCUT2D eigenvalue weighted by Crippen LogP contribution is -2.21. The van der Waals surface area contributed by atoms with Gasteiger partial charge in [0.25, 0.3) is 0 Å². The zero-order chi connectivity index (χ0) is 16.7. The van der Waals surface area contributed by atoms with Crippen LogP contribution in [0, 0.1) is 0 Å². The van der Waals surface area contributed by atoms with E-state index >= 15 is 0 Å². The molecule has 0 saturated carbocycles. The number of hydrogen-bond acceptors (Lipinski definition) is 3. The normalized spacial score (nSPS) is 10.0. The van der Waals surface area contributed by atoms with E-state index in [1.165, 1.54) is 0 Å². The van der Waals surface area contributed by atoms with Crippen molar-refractivity contribution in [3.05, 3.63) is 53.0 Å². The molecule has 0 aromatic heterocycles. The molecule has 0 atom stereocenters. The van der Waals surface area contributed by atoms with Gasteiger partial charge in [0.05, 0.1) is 6.54 Å². The minimum atomic E-state index is -0.147. The molecule has 0 fully saturated rings. The summed E-state index contributed by atoms with van der Waals surface area (Å²) in [5, 5.41) is 8.61. The molecule has 0 aliphatic rings. The second-order valence-electron chi connectivity index (χ2n) is 4.86. The van der Waals surface area contributed by atoms with Gasteiger partial charge in [-0.2, -0.15) is 0 Å². The number of rotatable bonds is 6. The number of nitrogens with one attached hydrogen (secondary N) is 3. The Hall–Kier alpha value is -2.34. The summed E-state index contributed by atoms with van der Waals surface area (Å²) in [5.74, 6) is -0.189. The molecule has 0 radical (unpaired) electrons. The van der Waals surface area contributed by atoms with Gasteiger partial charge in [0.15, 0.2) is 0 Å². The van der Waals surface area contributed by atoms with Crippen molar-refractivity contribution in [2.24, 2.45) is 0 Å². The Bertz CT molecular complexity index is 686. The molecule has 0 unspecified atom stereocenters. The zero-order valence-electron chi connectivity index (χ0n) is 12.7. The van der Waals surface area contributed by atoms with E-state index in [9.17, 15) is 9.59 Å². The summed E-state index contributed by atoms with van der Waals surface area (Å²) in [6, 6.07) is 14.6. The van der Waals surface area contributed by atoms with E-state index in [2.05, 4.69) is 31.9 Å². The average molecular weight is 376 g/mol. The molecule has 2 aromatic rings. The summed E-state index contributed by atoms with van der Waals surface area (Å²) in [6.45, 7) is 1.96. The zero-order valence-corrected chi connectivity index (χ0v) is 14.3. The Morgan fingerprint density at radius 3 is 2.04 bits per heavy atom. The highest BCUT2D eigenvalue weighted by atomic mass is 79.9. The molecule has 0 aliphatic carbocycles. The summed E-state index contributed by atoms with van der Waals surface area (Å²) in [5.41, 5.74) is 2.25. The van der Waals surface area contributed by atoms with Crippen LogP contribution in [0.1, 0.15) is 13.3 Å². The molecule has 2 aromatic carbocycles. The number of amides is 2. The maximum absolute atomic E-state index is 11.9. The second-order valence-corrected chi connectivity index (χ2v) is 5.71. The maximum Gasteiger partial charge on any atom is 0.243 e.